The predicted molar refractivity (Wildman–Crippen MR) is 428 cm³/mol. The molecule has 0 bridgehead atoms. The minimum atomic E-state index is -1.64. The summed E-state index contributed by atoms with van der Waals surface area (Å²) in [5.41, 5.74) is 7.80. The summed E-state index contributed by atoms with van der Waals surface area (Å²) in [6, 6.07) is 15.8. The Bertz CT molecular complexity index is 3570. The molecule has 1 aliphatic carbocycles. The van der Waals surface area contributed by atoms with Crippen LogP contribution in [0.1, 0.15) is 157 Å². The molecular weight excluding hydrogens is 1420 g/mol. The molecule has 12 atom stereocenters. The van der Waals surface area contributed by atoms with Gasteiger partial charge >= 0.3 is 0 Å². The number of amides is 11. The van der Waals surface area contributed by atoms with Crippen LogP contribution in [-0.4, -0.2) is 232 Å². The zero-order valence-electron chi connectivity index (χ0n) is 67.6. The molecule has 0 saturated carbocycles. The van der Waals surface area contributed by atoms with E-state index in [1.807, 2.05) is 88.4 Å². The Morgan fingerprint density at radius 1 is 0.536 bits per heavy atom. The SMILES string of the molecule is CC(C)C[C@@H](C(=O)N[C@H](C(=O)N(C)[C@@H](Cc1ccccc1)C(=O)NCC(=O)N(C)[C@@H](CC(C)C)C(=O)N(C)[C@H](C(=O)C[C@@H](CC1C=CC=CC1)C(=O)N[C@@H](CC(=O)SCc1ccccc1)C(=O)N(C)[C@@H](Cc1ccccc1)C(=O)N[C@@H](C)C(=O)N1CCCCC1)C(C)C)[C@@H](C)O)N(C)C(=O)CNC(=O)[C@H](C)N.CCC. The number of carbonyl (C=O) groups excluding carboxylic acids is 13. The average Bonchev–Trinajstić information content (AvgIpc) is 0.824. The summed E-state index contributed by atoms with van der Waals surface area (Å²) in [6.07, 6.45) is 9.80. The molecule has 5 rings (SSSR count). The number of likely N-dealkylation sites (N-methyl/N-ethyl adjacent to an activating group) is 5. The number of aliphatic hydroxyl groups excluding tert-OH is 1. The van der Waals surface area contributed by atoms with Gasteiger partial charge in [-0.15, -0.1) is 0 Å². The van der Waals surface area contributed by atoms with Gasteiger partial charge in [0.2, 0.25) is 65.0 Å². The first-order valence-corrected chi connectivity index (χ1v) is 39.7. The lowest BCUT2D eigenvalue weighted by Gasteiger charge is -2.37. The number of aliphatic hydroxyl groups is 1. The minimum absolute atomic E-state index is 0.0136. The molecule has 0 aromatic heterocycles. The molecule has 0 radical (unpaired) electrons. The Balaban J connectivity index is 0.00000837. The number of rotatable bonds is 40. The van der Waals surface area contributed by atoms with Crippen LogP contribution in [0.3, 0.4) is 0 Å². The number of nitrogens with two attached hydrogens (primary N) is 1. The Morgan fingerprint density at radius 2 is 1.02 bits per heavy atom. The quantitative estimate of drug-likeness (QED) is 0.0335. The lowest BCUT2D eigenvalue weighted by atomic mass is 9.83. The van der Waals surface area contributed by atoms with Crippen LogP contribution in [-0.2, 0) is 80.9 Å². The number of likely N-dealkylation sites (tertiary alicyclic amines) is 1. The van der Waals surface area contributed by atoms with Crippen LogP contribution >= 0.6 is 11.8 Å². The molecule has 2 aliphatic rings. The van der Waals surface area contributed by atoms with Gasteiger partial charge in [0.1, 0.15) is 42.3 Å². The fourth-order valence-corrected chi connectivity index (χ4v) is 14.1. The number of ketones is 1. The van der Waals surface area contributed by atoms with Crippen LogP contribution < -0.4 is 32.3 Å². The third-order valence-electron chi connectivity index (χ3n) is 19.6. The molecule has 1 fully saturated rings. The molecule has 606 valence electrons. The summed E-state index contributed by atoms with van der Waals surface area (Å²) in [7, 11) is 6.97. The number of hydrogen-bond donors (Lipinski definition) is 7. The fourth-order valence-electron chi connectivity index (χ4n) is 13.3. The first kappa shape index (κ1) is 93.3. The Hall–Kier alpha value is -9.08. The third-order valence-corrected chi connectivity index (χ3v) is 20.6. The van der Waals surface area contributed by atoms with Gasteiger partial charge in [-0.3, -0.25) is 62.3 Å². The first-order valence-electron chi connectivity index (χ1n) is 38.7. The molecule has 3 aromatic carbocycles. The van der Waals surface area contributed by atoms with Crippen LogP contribution in [0, 0.1) is 29.6 Å². The van der Waals surface area contributed by atoms with Gasteiger partial charge in [0.25, 0.3) is 0 Å². The second kappa shape index (κ2) is 47.2. The van der Waals surface area contributed by atoms with Crippen molar-refractivity contribution in [1.29, 1.82) is 0 Å². The zero-order valence-corrected chi connectivity index (χ0v) is 68.4. The smallest absolute Gasteiger partial charge is 0.248 e. The molecule has 1 aliphatic heterocycles. The first-order chi connectivity index (χ1) is 52.0. The molecule has 1 unspecified atom stereocenters. The van der Waals surface area contributed by atoms with Crippen LogP contribution in [0.15, 0.2) is 115 Å². The van der Waals surface area contributed by atoms with Gasteiger partial charge in [-0.1, -0.05) is 189 Å². The molecule has 3 aromatic rings. The van der Waals surface area contributed by atoms with E-state index in [4.69, 9.17) is 5.73 Å². The van der Waals surface area contributed by atoms with Crippen molar-refractivity contribution >= 4 is 87.6 Å². The summed E-state index contributed by atoms with van der Waals surface area (Å²) in [6.45, 7) is 19.4. The number of thioether (sulfide) groups is 1. The molecule has 11 amide bonds. The second-order valence-electron chi connectivity index (χ2n) is 30.3. The van der Waals surface area contributed by atoms with E-state index in [0.29, 0.717) is 30.6 Å². The predicted octanol–water partition coefficient (Wildman–Crippen LogP) is 6.17. The van der Waals surface area contributed by atoms with Crippen molar-refractivity contribution in [3.8, 4) is 0 Å². The normalized spacial score (nSPS) is 16.3. The Labute approximate surface area is 656 Å². The highest BCUT2D eigenvalue weighted by Crippen LogP contribution is 2.28. The maximum absolute atomic E-state index is 15.3. The largest absolute Gasteiger partial charge is 0.391 e. The van der Waals surface area contributed by atoms with Crippen LogP contribution in [0.5, 0.6) is 0 Å². The van der Waals surface area contributed by atoms with E-state index in [1.165, 1.54) is 70.2 Å². The Kier molecular flexibility index (Phi) is 40.0. The molecule has 1 saturated heterocycles. The van der Waals surface area contributed by atoms with Crippen LogP contribution in [0.4, 0.5) is 0 Å². The van der Waals surface area contributed by atoms with Gasteiger partial charge in [0.15, 0.2) is 10.9 Å². The summed E-state index contributed by atoms with van der Waals surface area (Å²) >= 11 is 0.960. The highest BCUT2D eigenvalue weighted by molar-refractivity contribution is 8.12. The van der Waals surface area contributed by atoms with E-state index in [2.05, 4.69) is 40.4 Å². The van der Waals surface area contributed by atoms with E-state index < -0.39 is 168 Å². The highest BCUT2D eigenvalue weighted by atomic mass is 32.2. The summed E-state index contributed by atoms with van der Waals surface area (Å²) in [4.78, 5) is 195. The highest BCUT2D eigenvalue weighted by Gasteiger charge is 2.43. The fraction of sp³-hybridized carbons (Fsp3) is 0.578. The van der Waals surface area contributed by atoms with E-state index in [1.54, 1.807) is 80.3 Å². The van der Waals surface area contributed by atoms with Crippen molar-refractivity contribution in [2.45, 2.75) is 219 Å². The molecule has 1 heterocycles. The van der Waals surface area contributed by atoms with Crippen molar-refractivity contribution in [1.82, 2.24) is 56.0 Å². The number of hydrogen-bond acceptors (Lipinski definition) is 16. The monoisotopic (exact) mass is 1540 g/mol. The lowest BCUT2D eigenvalue weighted by molar-refractivity contribution is -0.149. The Morgan fingerprint density at radius 3 is 1.51 bits per heavy atom. The standard InChI is InChI=1S/C80H116N12O14S.C3H8/c1-50(2)40-62(87(10)67(95)47-82-72(98)53(7)81)76(102)86-70(55(9)93)80(106)90(13)63(43-57-32-22-16-23-33-57)74(100)83-48-68(96)88(11)65(41-51(3)4)79(105)91(14)71(52(5)6)66(94)45-60(42-56-30-20-15-21-31-56)73(99)85-61(46-69(97)107-49-59-36-26-18-27-37-59)78(104)89(12)64(44-58-34-24-17-25-35-58)75(101)84-54(8)77(103)92-38-28-19-29-39-92;1-3-2/h15-18,20-27,30,32-37,50-56,60-65,70-71,93H,19,28-29,31,38-49,81H2,1-14H3,(H,82,98)(H,83,100)(H,84,101)(H,85,99)(H,86,102);3H2,1-2H3/t53-,54-,55+,56?,60+,61-,62-,63-,64-,65-,70-,71-;/m0./s1. The lowest BCUT2D eigenvalue weighted by Crippen LogP contribution is -2.61. The van der Waals surface area contributed by atoms with Crippen molar-refractivity contribution in [3.05, 3.63) is 132 Å². The summed E-state index contributed by atoms with van der Waals surface area (Å²) in [5, 5.41) is 24.1. The summed E-state index contributed by atoms with van der Waals surface area (Å²) < 4.78 is 0. The van der Waals surface area contributed by atoms with Crippen LogP contribution in [0.2, 0.25) is 0 Å². The number of nitrogens with one attached hydrogen (secondary N) is 5. The number of Topliss-reactive ketones (excluding diaryl/α,β-unsaturated/α-hetero) is 1. The van der Waals surface area contributed by atoms with E-state index in [0.717, 1.165) is 46.4 Å². The summed E-state index contributed by atoms with van der Waals surface area (Å²) in [5.74, 6) is -9.92. The van der Waals surface area contributed by atoms with Gasteiger partial charge in [-0.05, 0) is 106 Å². The molecule has 27 heteroatoms. The van der Waals surface area contributed by atoms with Gasteiger partial charge < -0.3 is 66.8 Å². The maximum atomic E-state index is 15.3. The van der Waals surface area contributed by atoms with Crippen molar-refractivity contribution in [3.63, 3.8) is 0 Å². The van der Waals surface area contributed by atoms with Gasteiger partial charge in [0.05, 0.1) is 31.3 Å². The van der Waals surface area contributed by atoms with Crippen molar-refractivity contribution < 1.29 is 67.4 Å². The van der Waals surface area contributed by atoms with Gasteiger partial charge in [-0.25, -0.2) is 0 Å². The molecule has 8 N–H and O–H groups in total. The van der Waals surface area contributed by atoms with Crippen molar-refractivity contribution in [2.24, 2.45) is 35.3 Å². The molecular formula is C83H124N12O14S. The van der Waals surface area contributed by atoms with E-state index >= 15 is 19.2 Å². The number of benzene rings is 3. The minimum Gasteiger partial charge on any atom is -0.391 e. The number of carbonyl (C=O) groups is 13. The van der Waals surface area contributed by atoms with Crippen LogP contribution in [0.25, 0.3) is 0 Å². The zero-order chi connectivity index (χ0) is 82.1. The topological polar surface area (TPSA) is 348 Å². The molecule has 110 heavy (non-hydrogen) atoms. The van der Waals surface area contributed by atoms with Gasteiger partial charge in [-0.2, -0.15) is 0 Å². The number of piperidine rings is 1. The van der Waals surface area contributed by atoms with E-state index in [9.17, 15) is 48.3 Å². The van der Waals surface area contributed by atoms with Gasteiger partial charge in [0, 0.05) is 85.7 Å². The number of allylic oxidation sites excluding steroid dienone is 4. The second-order valence-corrected chi connectivity index (χ2v) is 31.4. The van der Waals surface area contributed by atoms with Crippen molar-refractivity contribution in [2.75, 3.05) is 61.4 Å². The molecule has 0 spiro atoms. The number of nitrogens with zero attached hydrogens (tertiary/aromatic N) is 6. The maximum Gasteiger partial charge on any atom is 0.248 e. The van der Waals surface area contributed by atoms with E-state index in [-0.39, 0.29) is 61.5 Å². The average molecular weight is 1550 g/mol. The molecule has 26 nitrogen and oxygen atoms in total. The third kappa shape index (κ3) is 30.0.